The molecule has 1 amide bonds. The van der Waals surface area contributed by atoms with Crippen molar-refractivity contribution in [3.8, 4) is 6.01 Å². The van der Waals surface area contributed by atoms with Crippen LogP contribution in [0.5, 0.6) is 6.01 Å². The van der Waals surface area contributed by atoms with Gasteiger partial charge in [-0.3, -0.25) is 10.1 Å². The van der Waals surface area contributed by atoms with Crippen LogP contribution in [0.3, 0.4) is 0 Å². The maximum Gasteiger partial charge on any atom is 0.337 e. The number of nitrogens with one attached hydrogen (secondary N) is 2. The van der Waals surface area contributed by atoms with Crippen LogP contribution < -0.4 is 10.1 Å². The molecule has 0 fully saturated rings. The van der Waals surface area contributed by atoms with E-state index in [2.05, 4.69) is 30.7 Å². The predicted octanol–water partition coefficient (Wildman–Crippen LogP) is 0.246. The Kier molecular flexibility index (Phi) is 3.24. The number of anilines is 1. The third kappa shape index (κ3) is 2.74. The van der Waals surface area contributed by atoms with Crippen molar-refractivity contribution in [3.05, 3.63) is 24.0 Å². The number of rotatable bonds is 4. The summed E-state index contributed by atoms with van der Waals surface area (Å²) in [7, 11) is 0. The maximum atomic E-state index is 11.7. The fourth-order valence-electron chi connectivity index (χ4n) is 1.10. The van der Waals surface area contributed by atoms with E-state index in [1.165, 1.54) is 12.4 Å². The Morgan fingerprint density at radius 2 is 2.41 bits per heavy atom. The monoisotopic (exact) mass is 234 g/mol. The molecule has 2 aromatic rings. The molecule has 2 heterocycles. The van der Waals surface area contributed by atoms with Gasteiger partial charge < -0.3 is 4.74 Å². The molecule has 0 unspecified atom stereocenters. The van der Waals surface area contributed by atoms with Crippen LogP contribution in [-0.2, 0) is 0 Å². The number of H-pyrrole nitrogens is 1. The van der Waals surface area contributed by atoms with Crippen LogP contribution in [0.15, 0.2) is 18.5 Å². The van der Waals surface area contributed by atoms with Crippen LogP contribution in [0.1, 0.15) is 17.3 Å². The molecular weight excluding hydrogens is 224 g/mol. The predicted molar refractivity (Wildman–Crippen MR) is 57.5 cm³/mol. The zero-order valence-electron chi connectivity index (χ0n) is 9.04. The Morgan fingerprint density at radius 3 is 3.12 bits per heavy atom. The van der Waals surface area contributed by atoms with Crippen LogP contribution in [0.25, 0.3) is 0 Å². The van der Waals surface area contributed by atoms with Crippen LogP contribution in [-0.4, -0.2) is 37.9 Å². The van der Waals surface area contributed by atoms with E-state index in [1.807, 2.05) is 6.92 Å². The van der Waals surface area contributed by atoms with E-state index in [-0.39, 0.29) is 17.9 Å². The molecule has 0 atom stereocenters. The van der Waals surface area contributed by atoms with Crippen molar-refractivity contribution in [3.63, 3.8) is 0 Å². The second-order valence-corrected chi connectivity index (χ2v) is 2.98. The first kappa shape index (κ1) is 11.0. The zero-order chi connectivity index (χ0) is 12.1. The fourth-order valence-corrected chi connectivity index (χ4v) is 1.10. The van der Waals surface area contributed by atoms with Crippen LogP contribution in [0.4, 0.5) is 5.95 Å². The van der Waals surface area contributed by atoms with Crippen LogP contribution in [0.2, 0.25) is 0 Å². The zero-order valence-corrected chi connectivity index (χ0v) is 9.04. The van der Waals surface area contributed by atoms with E-state index in [9.17, 15) is 4.79 Å². The summed E-state index contributed by atoms with van der Waals surface area (Å²) >= 11 is 0. The Labute approximate surface area is 96.4 Å². The SMILES string of the molecule is CCOc1n[nH]c(NC(=O)c2ccnnc2)n1. The number of aromatic nitrogens is 5. The smallest absolute Gasteiger partial charge is 0.337 e. The molecule has 88 valence electrons. The van der Waals surface area contributed by atoms with Gasteiger partial charge in [0.15, 0.2) is 0 Å². The lowest BCUT2D eigenvalue weighted by atomic mass is 10.3. The van der Waals surface area contributed by atoms with Crippen molar-refractivity contribution >= 4 is 11.9 Å². The number of carbonyl (C=O) groups excluding carboxylic acids is 1. The summed E-state index contributed by atoms with van der Waals surface area (Å²) < 4.78 is 5.05. The molecule has 2 aromatic heterocycles. The number of hydrogen-bond donors (Lipinski definition) is 2. The summed E-state index contributed by atoms with van der Waals surface area (Å²) in [5, 5.41) is 16.0. The Bertz CT molecular complexity index is 497. The summed E-state index contributed by atoms with van der Waals surface area (Å²) in [6.45, 7) is 2.27. The largest absolute Gasteiger partial charge is 0.463 e. The van der Waals surface area contributed by atoms with Gasteiger partial charge >= 0.3 is 6.01 Å². The standard InChI is InChI=1S/C9H10N6O2/c1-2-17-9-13-8(14-15-9)12-7(16)6-3-4-10-11-5-6/h3-5H,2H2,1H3,(H2,12,13,14,15,16). The van der Waals surface area contributed by atoms with Gasteiger partial charge in [0.1, 0.15) is 0 Å². The number of ether oxygens (including phenoxy) is 1. The van der Waals surface area contributed by atoms with Crippen molar-refractivity contribution in [1.29, 1.82) is 0 Å². The molecule has 0 aliphatic rings. The van der Waals surface area contributed by atoms with Gasteiger partial charge in [-0.05, 0) is 13.0 Å². The highest BCUT2D eigenvalue weighted by Crippen LogP contribution is 2.06. The molecule has 0 spiro atoms. The van der Waals surface area contributed by atoms with Crippen molar-refractivity contribution in [2.75, 3.05) is 11.9 Å². The summed E-state index contributed by atoms with van der Waals surface area (Å²) in [5.74, 6) is -0.130. The summed E-state index contributed by atoms with van der Waals surface area (Å²) in [4.78, 5) is 15.6. The first-order valence-electron chi connectivity index (χ1n) is 4.93. The molecule has 17 heavy (non-hydrogen) atoms. The van der Waals surface area contributed by atoms with E-state index >= 15 is 0 Å². The highest BCUT2D eigenvalue weighted by atomic mass is 16.5. The van der Waals surface area contributed by atoms with Gasteiger partial charge in [-0.25, -0.2) is 5.10 Å². The van der Waals surface area contributed by atoms with Crippen LogP contribution in [0, 0.1) is 0 Å². The molecule has 8 heteroatoms. The summed E-state index contributed by atoms with van der Waals surface area (Å²) in [6, 6.07) is 1.73. The lowest BCUT2D eigenvalue weighted by Crippen LogP contribution is -2.13. The van der Waals surface area contributed by atoms with Gasteiger partial charge in [0.05, 0.1) is 24.6 Å². The topological polar surface area (TPSA) is 106 Å². The molecule has 0 bridgehead atoms. The highest BCUT2D eigenvalue weighted by Gasteiger charge is 2.09. The lowest BCUT2D eigenvalue weighted by molar-refractivity contribution is 0.102. The van der Waals surface area contributed by atoms with Gasteiger partial charge in [-0.1, -0.05) is 0 Å². The van der Waals surface area contributed by atoms with Gasteiger partial charge in [0.25, 0.3) is 5.91 Å². The second kappa shape index (κ2) is 5.01. The third-order valence-electron chi connectivity index (χ3n) is 1.82. The van der Waals surface area contributed by atoms with E-state index < -0.39 is 0 Å². The van der Waals surface area contributed by atoms with Crippen molar-refractivity contribution < 1.29 is 9.53 Å². The normalized spacial score (nSPS) is 9.94. The Morgan fingerprint density at radius 1 is 1.53 bits per heavy atom. The Hall–Kier alpha value is -2.51. The maximum absolute atomic E-state index is 11.7. The molecule has 2 N–H and O–H groups in total. The number of amides is 1. The lowest BCUT2D eigenvalue weighted by Gasteiger charge is -1.99. The number of hydrogen-bond acceptors (Lipinski definition) is 6. The average Bonchev–Trinajstić information content (AvgIpc) is 2.78. The molecule has 0 aliphatic heterocycles. The van der Waals surface area contributed by atoms with Gasteiger partial charge in [0, 0.05) is 0 Å². The first-order chi connectivity index (χ1) is 8.29. The third-order valence-corrected chi connectivity index (χ3v) is 1.82. The molecular formula is C9H10N6O2. The second-order valence-electron chi connectivity index (χ2n) is 2.98. The minimum atomic E-state index is -0.348. The van der Waals surface area contributed by atoms with E-state index in [0.717, 1.165) is 0 Å². The Balaban J connectivity index is 2.03. The number of aromatic amines is 1. The van der Waals surface area contributed by atoms with Crippen LogP contribution >= 0.6 is 0 Å². The number of nitrogens with zero attached hydrogens (tertiary/aromatic N) is 4. The minimum absolute atomic E-state index is 0.190. The van der Waals surface area contributed by atoms with Crippen molar-refractivity contribution in [2.24, 2.45) is 0 Å². The summed E-state index contributed by atoms with van der Waals surface area (Å²) in [6.07, 6.45) is 2.79. The first-order valence-corrected chi connectivity index (χ1v) is 4.93. The molecule has 0 radical (unpaired) electrons. The van der Waals surface area contributed by atoms with E-state index in [4.69, 9.17) is 4.74 Å². The molecule has 2 rings (SSSR count). The fraction of sp³-hybridized carbons (Fsp3) is 0.222. The molecule has 0 saturated carbocycles. The molecule has 8 nitrogen and oxygen atoms in total. The minimum Gasteiger partial charge on any atom is -0.463 e. The molecule has 0 saturated heterocycles. The van der Waals surface area contributed by atoms with Crippen molar-refractivity contribution in [2.45, 2.75) is 6.92 Å². The highest BCUT2D eigenvalue weighted by molar-refractivity contribution is 6.02. The van der Waals surface area contributed by atoms with E-state index in [0.29, 0.717) is 12.2 Å². The summed E-state index contributed by atoms with van der Waals surface area (Å²) in [5.41, 5.74) is 0.384. The molecule has 0 aromatic carbocycles. The van der Waals surface area contributed by atoms with Crippen molar-refractivity contribution in [1.82, 2.24) is 25.4 Å². The average molecular weight is 234 g/mol. The number of carbonyl (C=O) groups is 1. The van der Waals surface area contributed by atoms with Gasteiger partial charge in [-0.2, -0.15) is 15.2 Å². The van der Waals surface area contributed by atoms with Gasteiger partial charge in [-0.15, -0.1) is 5.10 Å². The quantitative estimate of drug-likeness (QED) is 0.785. The molecule has 0 aliphatic carbocycles. The van der Waals surface area contributed by atoms with E-state index in [1.54, 1.807) is 6.07 Å². The van der Waals surface area contributed by atoms with Gasteiger partial charge in [0.2, 0.25) is 5.95 Å².